The molecule has 0 spiro atoms. The zero-order valence-corrected chi connectivity index (χ0v) is 9.89. The van der Waals surface area contributed by atoms with Gasteiger partial charge in [-0.1, -0.05) is 37.3 Å². The molecule has 6 heteroatoms. The number of rotatable bonds is 5. The second-order valence-electron chi connectivity index (χ2n) is 3.95. The Hall–Kier alpha value is -1.11. The van der Waals surface area contributed by atoms with Crippen LogP contribution >= 0.6 is 0 Å². The summed E-state index contributed by atoms with van der Waals surface area (Å²) in [4.78, 5) is 0. The number of hydrogen-bond donors (Lipinski definition) is 2. The van der Waals surface area contributed by atoms with Gasteiger partial charge in [0.25, 0.3) is 0 Å². The van der Waals surface area contributed by atoms with E-state index < -0.39 is 24.6 Å². The van der Waals surface area contributed by atoms with Crippen molar-refractivity contribution >= 4 is 0 Å². The maximum absolute atomic E-state index is 12.4. The number of aliphatic hydroxyl groups is 1. The van der Waals surface area contributed by atoms with Crippen LogP contribution in [0.2, 0.25) is 0 Å². The lowest BCUT2D eigenvalue weighted by Crippen LogP contribution is -2.42. The summed E-state index contributed by atoms with van der Waals surface area (Å²) in [6.45, 7) is 1.64. The molecule has 0 heterocycles. The van der Waals surface area contributed by atoms with Crippen LogP contribution in [-0.4, -0.2) is 23.6 Å². The van der Waals surface area contributed by atoms with Crippen molar-refractivity contribution in [1.82, 2.24) is 0 Å². The molecule has 1 rings (SSSR count). The number of ether oxygens (including phenoxy) is 1. The summed E-state index contributed by atoms with van der Waals surface area (Å²) in [6.07, 6.45) is -7.02. The van der Waals surface area contributed by atoms with Crippen molar-refractivity contribution in [3.8, 4) is 0 Å². The SMILES string of the molecule is CCC(O)C(N)C(OC(F)(F)F)c1ccccc1. The van der Waals surface area contributed by atoms with Crippen molar-refractivity contribution in [2.24, 2.45) is 5.73 Å². The number of aliphatic hydroxyl groups excluding tert-OH is 1. The van der Waals surface area contributed by atoms with Crippen molar-refractivity contribution in [1.29, 1.82) is 0 Å². The topological polar surface area (TPSA) is 55.5 Å². The summed E-state index contributed by atoms with van der Waals surface area (Å²) in [7, 11) is 0. The van der Waals surface area contributed by atoms with E-state index in [0.717, 1.165) is 0 Å². The Morgan fingerprint density at radius 1 is 1.28 bits per heavy atom. The first-order valence-corrected chi connectivity index (χ1v) is 5.58. The van der Waals surface area contributed by atoms with Crippen LogP contribution < -0.4 is 5.73 Å². The highest BCUT2D eigenvalue weighted by molar-refractivity contribution is 5.19. The molecule has 0 radical (unpaired) electrons. The Bertz CT molecular complexity index is 356. The van der Waals surface area contributed by atoms with Gasteiger partial charge in [-0.05, 0) is 12.0 Å². The average Bonchev–Trinajstić information content (AvgIpc) is 2.34. The van der Waals surface area contributed by atoms with Crippen LogP contribution in [0.4, 0.5) is 13.2 Å². The minimum Gasteiger partial charge on any atom is -0.391 e. The molecule has 0 fully saturated rings. The van der Waals surface area contributed by atoms with E-state index in [9.17, 15) is 18.3 Å². The molecular weight excluding hydrogens is 247 g/mol. The summed E-state index contributed by atoms with van der Waals surface area (Å²) < 4.78 is 41.1. The smallest absolute Gasteiger partial charge is 0.391 e. The van der Waals surface area contributed by atoms with Crippen LogP contribution in [-0.2, 0) is 4.74 Å². The number of alkyl halides is 3. The number of benzene rings is 1. The minimum atomic E-state index is -4.80. The normalized spacial score (nSPS) is 17.2. The van der Waals surface area contributed by atoms with Gasteiger partial charge in [-0.3, -0.25) is 4.74 Å². The largest absolute Gasteiger partial charge is 0.523 e. The number of halogens is 3. The highest BCUT2D eigenvalue weighted by Gasteiger charge is 2.38. The van der Waals surface area contributed by atoms with E-state index in [-0.39, 0.29) is 12.0 Å². The summed E-state index contributed by atoms with van der Waals surface area (Å²) in [5.41, 5.74) is 5.92. The summed E-state index contributed by atoms with van der Waals surface area (Å²) >= 11 is 0. The van der Waals surface area contributed by atoms with Crippen LogP contribution in [0.25, 0.3) is 0 Å². The number of hydrogen-bond acceptors (Lipinski definition) is 3. The van der Waals surface area contributed by atoms with E-state index in [2.05, 4.69) is 4.74 Å². The lowest BCUT2D eigenvalue weighted by molar-refractivity contribution is -0.348. The molecule has 3 N–H and O–H groups in total. The zero-order chi connectivity index (χ0) is 13.8. The van der Waals surface area contributed by atoms with Crippen LogP contribution in [0, 0.1) is 0 Å². The molecule has 0 aliphatic rings. The fourth-order valence-electron chi connectivity index (χ4n) is 1.63. The summed E-state index contributed by atoms with van der Waals surface area (Å²) in [6, 6.07) is 6.69. The third kappa shape index (κ3) is 4.29. The molecular formula is C12H16F3NO2. The fourth-order valence-corrected chi connectivity index (χ4v) is 1.63. The molecule has 3 atom stereocenters. The van der Waals surface area contributed by atoms with E-state index in [1.54, 1.807) is 25.1 Å². The standard InChI is InChI=1S/C12H16F3NO2/c1-2-9(17)10(16)11(18-12(13,14)15)8-6-4-3-5-7-8/h3-7,9-11,17H,2,16H2,1H3. The van der Waals surface area contributed by atoms with Gasteiger partial charge < -0.3 is 10.8 Å². The molecule has 0 aromatic heterocycles. The molecule has 0 aliphatic heterocycles. The van der Waals surface area contributed by atoms with E-state index >= 15 is 0 Å². The zero-order valence-electron chi connectivity index (χ0n) is 9.89. The lowest BCUT2D eigenvalue weighted by Gasteiger charge is -2.28. The van der Waals surface area contributed by atoms with Crippen LogP contribution in [0.3, 0.4) is 0 Å². The molecule has 0 aliphatic carbocycles. The van der Waals surface area contributed by atoms with Crippen LogP contribution in [0.5, 0.6) is 0 Å². The van der Waals surface area contributed by atoms with E-state index in [1.807, 2.05) is 0 Å². The molecule has 1 aromatic carbocycles. The van der Waals surface area contributed by atoms with Crippen molar-refractivity contribution in [2.75, 3.05) is 0 Å². The predicted molar refractivity (Wildman–Crippen MR) is 60.6 cm³/mol. The Labute approximate surface area is 103 Å². The second kappa shape index (κ2) is 6.17. The lowest BCUT2D eigenvalue weighted by atomic mass is 9.97. The van der Waals surface area contributed by atoms with Crippen molar-refractivity contribution < 1.29 is 23.0 Å². The molecule has 0 saturated heterocycles. The van der Waals surface area contributed by atoms with Gasteiger partial charge in [-0.2, -0.15) is 0 Å². The first-order valence-electron chi connectivity index (χ1n) is 5.58. The van der Waals surface area contributed by atoms with Crippen molar-refractivity contribution in [3.63, 3.8) is 0 Å². The van der Waals surface area contributed by atoms with Crippen molar-refractivity contribution in [3.05, 3.63) is 35.9 Å². The first kappa shape index (κ1) is 14.9. The third-order valence-corrected chi connectivity index (χ3v) is 2.60. The Morgan fingerprint density at radius 3 is 2.28 bits per heavy atom. The Balaban J connectivity index is 2.96. The first-order chi connectivity index (χ1) is 8.35. The summed E-state index contributed by atoms with van der Waals surface area (Å²) in [5.74, 6) is 0. The Kier molecular flexibility index (Phi) is 5.13. The third-order valence-electron chi connectivity index (χ3n) is 2.60. The minimum absolute atomic E-state index is 0.256. The van der Waals surface area contributed by atoms with E-state index in [4.69, 9.17) is 5.73 Å². The van der Waals surface area contributed by atoms with Gasteiger partial charge in [-0.15, -0.1) is 13.2 Å². The molecule has 3 nitrogen and oxygen atoms in total. The summed E-state index contributed by atoms with van der Waals surface area (Å²) in [5, 5.41) is 9.58. The molecule has 3 unspecified atom stereocenters. The highest BCUT2D eigenvalue weighted by Crippen LogP contribution is 2.30. The maximum Gasteiger partial charge on any atom is 0.523 e. The quantitative estimate of drug-likeness (QED) is 0.857. The van der Waals surface area contributed by atoms with E-state index in [1.165, 1.54) is 12.1 Å². The van der Waals surface area contributed by atoms with Gasteiger partial charge in [0.2, 0.25) is 0 Å². The van der Waals surface area contributed by atoms with Crippen molar-refractivity contribution in [2.45, 2.75) is 38.0 Å². The molecule has 1 aromatic rings. The van der Waals surface area contributed by atoms with Gasteiger partial charge in [0.05, 0.1) is 12.1 Å². The van der Waals surface area contributed by atoms with Crippen LogP contribution in [0.1, 0.15) is 25.0 Å². The monoisotopic (exact) mass is 263 g/mol. The highest BCUT2D eigenvalue weighted by atomic mass is 19.4. The fraction of sp³-hybridized carbons (Fsp3) is 0.500. The predicted octanol–water partition coefficient (Wildman–Crippen LogP) is 2.36. The average molecular weight is 263 g/mol. The molecule has 18 heavy (non-hydrogen) atoms. The van der Waals surface area contributed by atoms with E-state index in [0.29, 0.717) is 0 Å². The molecule has 102 valence electrons. The van der Waals surface area contributed by atoms with Gasteiger partial charge in [0.15, 0.2) is 0 Å². The van der Waals surface area contributed by atoms with Gasteiger partial charge in [0, 0.05) is 0 Å². The Morgan fingerprint density at radius 2 is 1.83 bits per heavy atom. The molecule has 0 bridgehead atoms. The van der Waals surface area contributed by atoms with Gasteiger partial charge in [0.1, 0.15) is 6.10 Å². The van der Waals surface area contributed by atoms with Gasteiger partial charge in [-0.25, -0.2) is 0 Å². The number of nitrogens with two attached hydrogens (primary N) is 1. The molecule has 0 amide bonds. The second-order valence-corrected chi connectivity index (χ2v) is 3.95. The molecule has 0 saturated carbocycles. The maximum atomic E-state index is 12.4. The van der Waals surface area contributed by atoms with Gasteiger partial charge >= 0.3 is 6.36 Å². The van der Waals surface area contributed by atoms with Crippen LogP contribution in [0.15, 0.2) is 30.3 Å².